The van der Waals surface area contributed by atoms with Crippen LogP contribution in [0.4, 0.5) is 0 Å². The number of thioether (sulfide) groups is 1. The Morgan fingerprint density at radius 1 is 1.11 bits per heavy atom. The highest BCUT2D eigenvalue weighted by atomic mass is 32.2. The second kappa shape index (κ2) is 12.7. The molecule has 0 bridgehead atoms. The molecule has 1 amide bonds. The van der Waals surface area contributed by atoms with Crippen LogP contribution >= 0.6 is 11.8 Å². The lowest BCUT2D eigenvalue weighted by atomic mass is 10.2. The number of hydrogen-bond donors (Lipinski definition) is 1. The first-order valence-corrected chi connectivity index (χ1v) is 8.01. The van der Waals surface area contributed by atoms with E-state index in [4.69, 9.17) is 4.74 Å². The molecule has 0 radical (unpaired) electrons. The van der Waals surface area contributed by atoms with Gasteiger partial charge in [-0.05, 0) is 31.8 Å². The fourth-order valence-corrected chi connectivity index (χ4v) is 1.98. The molecule has 0 fully saturated rings. The van der Waals surface area contributed by atoms with Crippen LogP contribution in [0.15, 0.2) is 0 Å². The number of carbonyl (C=O) groups excluding carboxylic acids is 2. The molecule has 5 heteroatoms. The third-order valence-corrected chi connectivity index (χ3v) is 3.16. The van der Waals surface area contributed by atoms with E-state index in [0.29, 0.717) is 13.2 Å². The normalized spacial score (nSPS) is 10.1. The molecule has 4 nitrogen and oxygen atoms in total. The first-order chi connectivity index (χ1) is 8.70. The molecule has 0 rings (SSSR count). The molecule has 18 heavy (non-hydrogen) atoms. The van der Waals surface area contributed by atoms with Crippen molar-refractivity contribution in [2.45, 2.75) is 45.4 Å². The molecule has 0 heterocycles. The highest BCUT2D eigenvalue weighted by Gasteiger charge is 2.06. The van der Waals surface area contributed by atoms with E-state index in [1.54, 1.807) is 6.92 Å². The number of rotatable bonds is 11. The van der Waals surface area contributed by atoms with Crippen LogP contribution in [0.5, 0.6) is 0 Å². The van der Waals surface area contributed by atoms with Gasteiger partial charge in [0.2, 0.25) is 5.91 Å². The molecule has 106 valence electrons. The van der Waals surface area contributed by atoms with Crippen molar-refractivity contribution in [1.29, 1.82) is 0 Å². The number of unbranched alkanes of at least 4 members (excludes halogenated alkanes) is 3. The first-order valence-electron chi connectivity index (χ1n) is 6.62. The van der Waals surface area contributed by atoms with E-state index in [1.165, 1.54) is 18.6 Å². The zero-order valence-electron chi connectivity index (χ0n) is 11.5. The van der Waals surface area contributed by atoms with Gasteiger partial charge in [0.1, 0.15) is 0 Å². The van der Waals surface area contributed by atoms with Gasteiger partial charge in [0.15, 0.2) is 0 Å². The van der Waals surface area contributed by atoms with Gasteiger partial charge in [0.05, 0.1) is 13.0 Å². The Labute approximate surface area is 114 Å². The van der Waals surface area contributed by atoms with Gasteiger partial charge in [0, 0.05) is 13.0 Å². The fraction of sp³-hybridized carbons (Fsp3) is 0.846. The average Bonchev–Trinajstić information content (AvgIpc) is 2.35. The highest BCUT2D eigenvalue weighted by molar-refractivity contribution is 7.98. The van der Waals surface area contributed by atoms with Gasteiger partial charge in [-0.25, -0.2) is 0 Å². The number of hydrogen-bond acceptors (Lipinski definition) is 4. The number of esters is 1. The van der Waals surface area contributed by atoms with Crippen molar-refractivity contribution in [2.24, 2.45) is 0 Å². The Kier molecular flexibility index (Phi) is 12.2. The second-order valence-corrected chi connectivity index (χ2v) is 5.05. The van der Waals surface area contributed by atoms with E-state index in [9.17, 15) is 9.59 Å². The van der Waals surface area contributed by atoms with E-state index >= 15 is 0 Å². The van der Waals surface area contributed by atoms with Crippen molar-refractivity contribution in [3.63, 3.8) is 0 Å². The second-order valence-electron chi connectivity index (χ2n) is 4.06. The third kappa shape index (κ3) is 11.8. The Balaban J connectivity index is 3.29. The summed E-state index contributed by atoms with van der Waals surface area (Å²) >= 11 is 1.87. The lowest BCUT2D eigenvalue weighted by Crippen LogP contribution is -2.25. The Morgan fingerprint density at radius 3 is 2.50 bits per heavy atom. The molecule has 0 aromatic rings. The summed E-state index contributed by atoms with van der Waals surface area (Å²) in [7, 11) is 0. The average molecular weight is 275 g/mol. The minimum Gasteiger partial charge on any atom is -0.466 e. The van der Waals surface area contributed by atoms with E-state index in [-0.39, 0.29) is 24.7 Å². The molecule has 1 N–H and O–H groups in total. The maximum atomic E-state index is 11.4. The summed E-state index contributed by atoms with van der Waals surface area (Å²) in [5, 5.41) is 2.82. The molecule has 0 atom stereocenters. The topological polar surface area (TPSA) is 55.4 Å². The molecule has 0 aliphatic heterocycles. The molecule has 0 aliphatic carbocycles. The van der Waals surface area contributed by atoms with Gasteiger partial charge in [-0.3, -0.25) is 9.59 Å². The van der Waals surface area contributed by atoms with Gasteiger partial charge in [-0.2, -0.15) is 11.8 Å². The van der Waals surface area contributed by atoms with Crippen LogP contribution in [0.25, 0.3) is 0 Å². The molecule has 0 saturated heterocycles. The van der Waals surface area contributed by atoms with Crippen molar-refractivity contribution in [2.75, 3.05) is 25.2 Å². The Hall–Kier alpha value is -0.710. The van der Waals surface area contributed by atoms with Crippen molar-refractivity contribution in [3.05, 3.63) is 0 Å². The quantitative estimate of drug-likeness (QED) is 0.464. The van der Waals surface area contributed by atoms with Crippen LogP contribution in [0, 0.1) is 0 Å². The van der Waals surface area contributed by atoms with Gasteiger partial charge >= 0.3 is 5.97 Å². The van der Waals surface area contributed by atoms with Crippen LogP contribution in [0.2, 0.25) is 0 Å². The molecule has 0 unspecified atom stereocenters. The van der Waals surface area contributed by atoms with Crippen LogP contribution < -0.4 is 5.32 Å². The molecule has 0 aromatic carbocycles. The summed E-state index contributed by atoms with van der Waals surface area (Å²) in [6, 6.07) is 0. The van der Waals surface area contributed by atoms with Crippen LogP contribution in [0.1, 0.15) is 45.4 Å². The van der Waals surface area contributed by atoms with E-state index in [2.05, 4.69) is 11.6 Å². The van der Waals surface area contributed by atoms with Crippen LogP contribution in [0.3, 0.4) is 0 Å². The summed E-state index contributed by atoms with van der Waals surface area (Å²) in [4.78, 5) is 22.4. The molecule has 0 aromatic heterocycles. The Morgan fingerprint density at radius 2 is 1.83 bits per heavy atom. The lowest BCUT2D eigenvalue weighted by molar-refractivity contribution is -0.144. The monoisotopic (exact) mass is 275 g/mol. The van der Waals surface area contributed by atoms with Gasteiger partial charge in [-0.15, -0.1) is 0 Å². The lowest BCUT2D eigenvalue weighted by Gasteiger charge is -2.05. The Bertz CT molecular complexity index is 234. The van der Waals surface area contributed by atoms with E-state index < -0.39 is 0 Å². The predicted octanol–water partition coefficient (Wildman–Crippen LogP) is 2.37. The standard InChI is InChI=1S/C13H25NO3S/c1-3-17-13(16)9-8-12(15)14-10-6-4-5-7-11-18-2/h3-11H2,1-2H3,(H,14,15). The maximum absolute atomic E-state index is 11.4. The number of amides is 1. The minimum atomic E-state index is -0.301. The third-order valence-electron chi connectivity index (χ3n) is 2.46. The summed E-state index contributed by atoms with van der Waals surface area (Å²) in [5.74, 6) is 0.850. The molecule has 0 spiro atoms. The fourth-order valence-electron chi connectivity index (χ4n) is 1.49. The zero-order chi connectivity index (χ0) is 13.6. The van der Waals surface area contributed by atoms with E-state index in [1.807, 2.05) is 11.8 Å². The van der Waals surface area contributed by atoms with Crippen LogP contribution in [-0.2, 0) is 14.3 Å². The molecular weight excluding hydrogens is 250 g/mol. The predicted molar refractivity (Wildman–Crippen MR) is 75.7 cm³/mol. The molecule has 0 saturated carbocycles. The molecular formula is C13H25NO3S. The number of carbonyl (C=O) groups is 2. The summed E-state index contributed by atoms with van der Waals surface area (Å²) in [6.07, 6.45) is 7.15. The highest BCUT2D eigenvalue weighted by Crippen LogP contribution is 2.04. The zero-order valence-corrected chi connectivity index (χ0v) is 12.3. The number of ether oxygens (including phenoxy) is 1. The summed E-state index contributed by atoms with van der Waals surface area (Å²) in [6.45, 7) is 2.84. The van der Waals surface area contributed by atoms with Crippen molar-refractivity contribution >= 4 is 23.6 Å². The molecule has 0 aliphatic rings. The first kappa shape index (κ1) is 17.3. The van der Waals surface area contributed by atoms with Gasteiger partial charge in [0.25, 0.3) is 0 Å². The minimum absolute atomic E-state index is 0.0628. The van der Waals surface area contributed by atoms with E-state index in [0.717, 1.165) is 12.8 Å². The summed E-state index contributed by atoms with van der Waals surface area (Å²) < 4.78 is 4.75. The van der Waals surface area contributed by atoms with Crippen molar-refractivity contribution in [3.8, 4) is 0 Å². The number of nitrogens with one attached hydrogen (secondary N) is 1. The largest absolute Gasteiger partial charge is 0.466 e. The van der Waals surface area contributed by atoms with Crippen molar-refractivity contribution < 1.29 is 14.3 Å². The van der Waals surface area contributed by atoms with Gasteiger partial charge in [-0.1, -0.05) is 12.8 Å². The smallest absolute Gasteiger partial charge is 0.306 e. The summed E-state index contributed by atoms with van der Waals surface area (Å²) in [5.41, 5.74) is 0. The maximum Gasteiger partial charge on any atom is 0.306 e. The van der Waals surface area contributed by atoms with Crippen LogP contribution in [-0.4, -0.2) is 37.0 Å². The van der Waals surface area contributed by atoms with Crippen molar-refractivity contribution in [1.82, 2.24) is 5.32 Å². The SMILES string of the molecule is CCOC(=O)CCC(=O)NCCCCCCSC. The van der Waals surface area contributed by atoms with Gasteiger partial charge < -0.3 is 10.1 Å².